The van der Waals surface area contributed by atoms with E-state index in [0.717, 1.165) is 5.75 Å². The van der Waals surface area contributed by atoms with Gasteiger partial charge in [0.2, 0.25) is 0 Å². The van der Waals surface area contributed by atoms with Gasteiger partial charge in [0.15, 0.2) is 0 Å². The Morgan fingerprint density at radius 2 is 2.17 bits per heavy atom. The normalized spacial score (nSPS) is 10.2. The molecule has 0 atom stereocenters. The number of benzene rings is 1. The topological polar surface area (TPSA) is 26.0 Å². The minimum atomic E-state index is 0.637. The Labute approximate surface area is 78.4 Å². The van der Waals surface area contributed by atoms with Crippen molar-refractivity contribution in [3.8, 4) is 0 Å². The van der Waals surface area contributed by atoms with Crippen LogP contribution < -0.4 is 5.73 Å². The molecule has 0 saturated carbocycles. The highest BCUT2D eigenvalue weighted by Crippen LogP contribution is 2.22. The minimum absolute atomic E-state index is 0.637. The third kappa shape index (κ3) is 2.26. The van der Waals surface area contributed by atoms with Crippen LogP contribution in [0.4, 0.5) is 0 Å². The first-order chi connectivity index (χ1) is 5.77. The van der Waals surface area contributed by atoms with E-state index in [2.05, 4.69) is 32.0 Å². The zero-order chi connectivity index (χ0) is 8.97. The van der Waals surface area contributed by atoms with Gasteiger partial charge in [-0.05, 0) is 29.9 Å². The predicted molar refractivity (Wildman–Crippen MR) is 55.5 cm³/mol. The zero-order valence-electron chi connectivity index (χ0n) is 7.63. The van der Waals surface area contributed by atoms with E-state index in [0.29, 0.717) is 6.54 Å². The molecule has 2 heteroatoms. The quantitative estimate of drug-likeness (QED) is 0.725. The highest BCUT2D eigenvalue weighted by molar-refractivity contribution is 7.99. The van der Waals surface area contributed by atoms with E-state index in [9.17, 15) is 0 Å². The molecule has 1 nitrogen and oxygen atoms in total. The third-order valence-corrected chi connectivity index (χ3v) is 2.83. The average Bonchev–Trinajstić information content (AvgIpc) is 2.09. The molecule has 0 unspecified atom stereocenters. The van der Waals surface area contributed by atoms with Gasteiger partial charge in [-0.3, -0.25) is 0 Å². The number of hydrogen-bond donors (Lipinski definition) is 1. The molecule has 0 heterocycles. The lowest BCUT2D eigenvalue weighted by Gasteiger charge is -2.05. The maximum atomic E-state index is 5.54. The van der Waals surface area contributed by atoms with Gasteiger partial charge in [0, 0.05) is 11.4 Å². The highest BCUT2D eigenvalue weighted by Gasteiger charge is 1.97. The van der Waals surface area contributed by atoms with Gasteiger partial charge in [0.25, 0.3) is 0 Å². The Hall–Kier alpha value is -0.470. The fourth-order valence-corrected chi connectivity index (χ4v) is 1.92. The smallest absolute Gasteiger partial charge is 0.0178 e. The standard InChI is InChI=1S/C10H15NS/c1-3-12-10-5-4-9(7-11)6-8(10)2/h4-6H,3,7,11H2,1-2H3. The van der Waals surface area contributed by atoms with Crippen molar-refractivity contribution in [2.75, 3.05) is 5.75 Å². The van der Waals surface area contributed by atoms with Crippen molar-refractivity contribution >= 4 is 11.8 Å². The van der Waals surface area contributed by atoms with Crippen LogP contribution in [-0.4, -0.2) is 5.75 Å². The van der Waals surface area contributed by atoms with Crippen molar-refractivity contribution in [2.24, 2.45) is 5.73 Å². The molecule has 0 fully saturated rings. The predicted octanol–water partition coefficient (Wildman–Crippen LogP) is 2.57. The molecule has 1 rings (SSSR count). The molecule has 12 heavy (non-hydrogen) atoms. The van der Waals surface area contributed by atoms with Crippen LogP contribution in [-0.2, 0) is 6.54 Å². The summed E-state index contributed by atoms with van der Waals surface area (Å²) < 4.78 is 0. The number of rotatable bonds is 3. The van der Waals surface area contributed by atoms with Crippen molar-refractivity contribution in [2.45, 2.75) is 25.3 Å². The molecule has 0 saturated heterocycles. The second kappa shape index (κ2) is 4.53. The summed E-state index contributed by atoms with van der Waals surface area (Å²) in [4.78, 5) is 1.37. The van der Waals surface area contributed by atoms with Crippen LogP contribution in [0, 0.1) is 6.92 Å². The van der Waals surface area contributed by atoms with Crippen LogP contribution in [0.15, 0.2) is 23.1 Å². The van der Waals surface area contributed by atoms with E-state index >= 15 is 0 Å². The number of nitrogens with two attached hydrogens (primary N) is 1. The van der Waals surface area contributed by atoms with E-state index in [1.165, 1.54) is 16.0 Å². The Morgan fingerprint density at radius 1 is 1.42 bits per heavy atom. The van der Waals surface area contributed by atoms with Gasteiger partial charge in [0.1, 0.15) is 0 Å². The summed E-state index contributed by atoms with van der Waals surface area (Å²) >= 11 is 1.88. The fourth-order valence-electron chi connectivity index (χ4n) is 1.16. The molecular weight excluding hydrogens is 166 g/mol. The molecule has 2 N–H and O–H groups in total. The summed E-state index contributed by atoms with van der Waals surface area (Å²) in [5.74, 6) is 1.13. The van der Waals surface area contributed by atoms with Crippen LogP contribution in [0.25, 0.3) is 0 Å². The van der Waals surface area contributed by atoms with Crippen LogP contribution in [0.5, 0.6) is 0 Å². The van der Waals surface area contributed by atoms with E-state index in [4.69, 9.17) is 5.73 Å². The molecule has 1 aromatic rings. The molecule has 66 valence electrons. The SMILES string of the molecule is CCSc1ccc(CN)cc1C. The maximum absolute atomic E-state index is 5.54. The summed E-state index contributed by atoms with van der Waals surface area (Å²) in [6.07, 6.45) is 0. The lowest BCUT2D eigenvalue weighted by molar-refractivity contribution is 1.06. The Balaban J connectivity index is 2.87. The Morgan fingerprint density at radius 3 is 2.67 bits per heavy atom. The molecular formula is C10H15NS. The van der Waals surface area contributed by atoms with E-state index in [1.54, 1.807) is 0 Å². The van der Waals surface area contributed by atoms with Crippen molar-refractivity contribution in [1.82, 2.24) is 0 Å². The van der Waals surface area contributed by atoms with E-state index in [-0.39, 0.29) is 0 Å². The molecule has 0 spiro atoms. The zero-order valence-corrected chi connectivity index (χ0v) is 8.45. The largest absolute Gasteiger partial charge is 0.326 e. The Bertz CT molecular complexity index is 258. The highest BCUT2D eigenvalue weighted by atomic mass is 32.2. The third-order valence-electron chi connectivity index (χ3n) is 1.77. The average molecular weight is 181 g/mol. The van der Waals surface area contributed by atoms with Crippen molar-refractivity contribution in [1.29, 1.82) is 0 Å². The van der Waals surface area contributed by atoms with Crippen molar-refractivity contribution in [3.63, 3.8) is 0 Å². The van der Waals surface area contributed by atoms with Gasteiger partial charge >= 0.3 is 0 Å². The van der Waals surface area contributed by atoms with Gasteiger partial charge in [-0.2, -0.15) is 0 Å². The maximum Gasteiger partial charge on any atom is 0.0178 e. The van der Waals surface area contributed by atoms with Gasteiger partial charge in [-0.15, -0.1) is 11.8 Å². The summed E-state index contributed by atoms with van der Waals surface area (Å²) in [6, 6.07) is 6.43. The van der Waals surface area contributed by atoms with Crippen molar-refractivity contribution < 1.29 is 0 Å². The first kappa shape index (κ1) is 9.62. The summed E-state index contributed by atoms with van der Waals surface area (Å²) in [5.41, 5.74) is 8.09. The van der Waals surface area contributed by atoms with Gasteiger partial charge in [-0.25, -0.2) is 0 Å². The molecule has 0 aliphatic carbocycles. The second-order valence-electron chi connectivity index (χ2n) is 2.74. The van der Waals surface area contributed by atoms with E-state index < -0.39 is 0 Å². The molecule has 0 aromatic heterocycles. The molecule has 0 aliphatic heterocycles. The summed E-state index contributed by atoms with van der Waals surface area (Å²) in [6.45, 7) is 4.94. The van der Waals surface area contributed by atoms with Crippen LogP contribution in [0.2, 0.25) is 0 Å². The summed E-state index contributed by atoms with van der Waals surface area (Å²) in [7, 11) is 0. The number of hydrogen-bond acceptors (Lipinski definition) is 2. The van der Waals surface area contributed by atoms with Gasteiger partial charge < -0.3 is 5.73 Å². The lowest BCUT2D eigenvalue weighted by atomic mass is 10.1. The van der Waals surface area contributed by atoms with Gasteiger partial charge in [-0.1, -0.05) is 19.1 Å². The van der Waals surface area contributed by atoms with Crippen molar-refractivity contribution in [3.05, 3.63) is 29.3 Å². The molecule has 0 bridgehead atoms. The molecule has 0 radical (unpaired) electrons. The fraction of sp³-hybridized carbons (Fsp3) is 0.400. The monoisotopic (exact) mass is 181 g/mol. The van der Waals surface area contributed by atoms with E-state index in [1.807, 2.05) is 11.8 Å². The summed E-state index contributed by atoms with van der Waals surface area (Å²) in [5, 5.41) is 0. The van der Waals surface area contributed by atoms with Gasteiger partial charge in [0.05, 0.1) is 0 Å². The first-order valence-corrected chi connectivity index (χ1v) is 5.19. The Kier molecular flexibility index (Phi) is 3.63. The molecule has 0 aliphatic rings. The molecule has 0 amide bonds. The lowest BCUT2D eigenvalue weighted by Crippen LogP contribution is -1.96. The van der Waals surface area contributed by atoms with Crippen LogP contribution in [0.3, 0.4) is 0 Å². The number of aryl methyl sites for hydroxylation is 1. The minimum Gasteiger partial charge on any atom is -0.326 e. The number of thioether (sulfide) groups is 1. The van der Waals surface area contributed by atoms with Crippen LogP contribution in [0.1, 0.15) is 18.1 Å². The van der Waals surface area contributed by atoms with Crippen LogP contribution >= 0.6 is 11.8 Å². The first-order valence-electron chi connectivity index (χ1n) is 4.20. The molecule has 1 aromatic carbocycles. The second-order valence-corrected chi connectivity index (χ2v) is 4.04.